The second kappa shape index (κ2) is 7.16. The lowest BCUT2D eigenvalue weighted by molar-refractivity contribution is -0.118. The smallest absolute Gasteiger partial charge is 0.227 e. The fraction of sp³-hybridized carbons (Fsp3) is 0.308. The predicted octanol–water partition coefficient (Wildman–Crippen LogP) is 1.22. The zero-order chi connectivity index (χ0) is 15.2. The van der Waals surface area contributed by atoms with E-state index < -0.39 is 0 Å². The molecule has 0 aliphatic heterocycles. The molecule has 0 aliphatic carbocycles. The first kappa shape index (κ1) is 15.4. The van der Waals surface area contributed by atoms with Gasteiger partial charge in [-0.15, -0.1) is 0 Å². The summed E-state index contributed by atoms with van der Waals surface area (Å²) < 4.78 is 6.64. The van der Waals surface area contributed by atoms with Gasteiger partial charge in [-0.25, -0.2) is 9.67 Å². The minimum atomic E-state index is -0.320. The van der Waals surface area contributed by atoms with Gasteiger partial charge in [0.05, 0.1) is 23.9 Å². The number of carbonyl (C=O) groups excluding carboxylic acids is 1. The van der Waals surface area contributed by atoms with Crippen molar-refractivity contribution in [3.05, 3.63) is 35.9 Å². The normalized spacial score (nSPS) is 12.1. The number of methoxy groups -OCH3 is 1. The highest BCUT2D eigenvalue weighted by atomic mass is 35.5. The van der Waals surface area contributed by atoms with Crippen LogP contribution in [0.3, 0.4) is 0 Å². The predicted molar refractivity (Wildman–Crippen MR) is 79.5 cm³/mol. The Morgan fingerprint density at radius 2 is 2.38 bits per heavy atom. The van der Waals surface area contributed by atoms with Crippen molar-refractivity contribution in [2.24, 2.45) is 5.73 Å². The first-order chi connectivity index (χ1) is 10.1. The number of rotatable bonds is 6. The highest BCUT2D eigenvalue weighted by Crippen LogP contribution is 2.24. The molecule has 1 unspecified atom stereocenters. The number of anilines is 1. The van der Waals surface area contributed by atoms with E-state index in [1.165, 1.54) is 19.8 Å². The van der Waals surface area contributed by atoms with Crippen molar-refractivity contribution in [1.29, 1.82) is 0 Å². The molecule has 1 amide bonds. The van der Waals surface area contributed by atoms with E-state index in [1.807, 2.05) is 0 Å². The van der Waals surface area contributed by atoms with Crippen LogP contribution in [0.25, 0.3) is 5.69 Å². The van der Waals surface area contributed by atoms with Crippen LogP contribution in [0.15, 0.2) is 30.9 Å². The van der Waals surface area contributed by atoms with Gasteiger partial charge in [-0.1, -0.05) is 11.6 Å². The zero-order valence-electron chi connectivity index (χ0n) is 11.5. The van der Waals surface area contributed by atoms with Crippen molar-refractivity contribution in [2.75, 3.05) is 19.0 Å². The van der Waals surface area contributed by atoms with E-state index in [1.54, 1.807) is 22.9 Å². The molecule has 7 nitrogen and oxygen atoms in total. The average molecular weight is 310 g/mol. The molecule has 1 atom stereocenters. The number of ether oxygens (including phenoxy) is 1. The zero-order valence-corrected chi connectivity index (χ0v) is 12.2. The Balaban J connectivity index is 2.19. The van der Waals surface area contributed by atoms with Gasteiger partial charge in [0.1, 0.15) is 12.7 Å². The topological polar surface area (TPSA) is 95.1 Å². The summed E-state index contributed by atoms with van der Waals surface area (Å²) in [5.41, 5.74) is 6.73. The van der Waals surface area contributed by atoms with Gasteiger partial charge in [0.15, 0.2) is 0 Å². The standard InChI is InChI=1S/C13H16ClN5O2/c1-21-10(6-15)5-13(20)18-11-4-9(14)2-3-12(11)19-8-16-7-17-19/h2-4,7-8,10H,5-6,15H2,1H3,(H,18,20). The maximum atomic E-state index is 12.0. The Bertz CT molecular complexity index is 599. The van der Waals surface area contributed by atoms with Gasteiger partial charge in [0, 0.05) is 18.7 Å². The van der Waals surface area contributed by atoms with Crippen molar-refractivity contribution in [3.8, 4) is 5.69 Å². The molecule has 112 valence electrons. The fourth-order valence-electron chi connectivity index (χ4n) is 1.81. The SMILES string of the molecule is COC(CN)CC(=O)Nc1cc(Cl)ccc1-n1cncn1. The third-order valence-electron chi connectivity index (χ3n) is 2.91. The Kier molecular flexibility index (Phi) is 5.26. The third-order valence-corrected chi connectivity index (χ3v) is 3.14. The molecule has 8 heteroatoms. The Hall–Kier alpha value is -1.96. The van der Waals surface area contributed by atoms with Gasteiger partial charge < -0.3 is 15.8 Å². The van der Waals surface area contributed by atoms with E-state index >= 15 is 0 Å². The van der Waals surface area contributed by atoms with Crippen LogP contribution in [0.1, 0.15) is 6.42 Å². The Morgan fingerprint density at radius 1 is 1.57 bits per heavy atom. The number of nitrogens with two attached hydrogens (primary N) is 1. The maximum absolute atomic E-state index is 12.0. The van der Waals surface area contributed by atoms with Crippen molar-refractivity contribution in [1.82, 2.24) is 14.8 Å². The van der Waals surface area contributed by atoms with Crippen LogP contribution >= 0.6 is 11.6 Å². The molecule has 0 radical (unpaired) electrons. The molecule has 2 aromatic rings. The summed E-state index contributed by atoms with van der Waals surface area (Å²) in [6, 6.07) is 5.12. The molecular formula is C13H16ClN5O2. The molecule has 0 aliphatic rings. The summed E-state index contributed by atoms with van der Waals surface area (Å²) in [4.78, 5) is 15.9. The first-order valence-electron chi connectivity index (χ1n) is 6.31. The molecule has 0 saturated heterocycles. The van der Waals surface area contributed by atoms with Gasteiger partial charge in [-0.3, -0.25) is 4.79 Å². The molecule has 0 bridgehead atoms. The van der Waals surface area contributed by atoms with Crippen molar-refractivity contribution in [3.63, 3.8) is 0 Å². The molecule has 1 aromatic carbocycles. The number of hydrogen-bond donors (Lipinski definition) is 2. The first-order valence-corrected chi connectivity index (χ1v) is 6.69. The number of halogens is 1. The van der Waals surface area contributed by atoms with E-state index in [9.17, 15) is 4.79 Å². The second-order valence-corrected chi connectivity index (χ2v) is 4.78. The second-order valence-electron chi connectivity index (χ2n) is 4.35. The number of aromatic nitrogens is 3. The van der Waals surface area contributed by atoms with E-state index in [2.05, 4.69) is 15.4 Å². The quantitative estimate of drug-likeness (QED) is 0.836. The fourth-order valence-corrected chi connectivity index (χ4v) is 1.98. The van der Waals surface area contributed by atoms with E-state index in [-0.39, 0.29) is 25.0 Å². The number of carbonyl (C=O) groups is 1. The lowest BCUT2D eigenvalue weighted by Gasteiger charge is -2.14. The highest BCUT2D eigenvalue weighted by Gasteiger charge is 2.14. The molecular weight excluding hydrogens is 294 g/mol. The summed E-state index contributed by atoms with van der Waals surface area (Å²) in [6.07, 6.45) is 2.79. The lowest BCUT2D eigenvalue weighted by atomic mass is 10.2. The summed E-state index contributed by atoms with van der Waals surface area (Å²) in [7, 11) is 1.52. The van der Waals surface area contributed by atoms with Crippen LogP contribution < -0.4 is 11.1 Å². The molecule has 1 aromatic heterocycles. The molecule has 3 N–H and O–H groups in total. The van der Waals surface area contributed by atoms with Crippen molar-refractivity contribution in [2.45, 2.75) is 12.5 Å². The molecule has 0 fully saturated rings. The van der Waals surface area contributed by atoms with E-state index in [0.717, 1.165) is 0 Å². The number of hydrogen-bond acceptors (Lipinski definition) is 5. The molecule has 21 heavy (non-hydrogen) atoms. The van der Waals surface area contributed by atoms with Gasteiger partial charge in [0.25, 0.3) is 0 Å². The van der Waals surface area contributed by atoms with Crippen molar-refractivity contribution < 1.29 is 9.53 Å². The molecule has 2 rings (SSSR count). The molecule has 0 spiro atoms. The minimum Gasteiger partial charge on any atom is -0.380 e. The van der Waals surface area contributed by atoms with Gasteiger partial charge in [-0.2, -0.15) is 5.10 Å². The van der Waals surface area contributed by atoms with Crippen LogP contribution in [-0.4, -0.2) is 40.4 Å². The highest BCUT2D eigenvalue weighted by molar-refractivity contribution is 6.31. The number of amides is 1. The summed E-state index contributed by atoms with van der Waals surface area (Å²) >= 11 is 5.98. The summed E-state index contributed by atoms with van der Waals surface area (Å²) in [5, 5.41) is 7.35. The third kappa shape index (κ3) is 4.01. The monoisotopic (exact) mass is 309 g/mol. The summed E-state index contributed by atoms with van der Waals surface area (Å²) in [6.45, 7) is 0.273. The van der Waals surface area contributed by atoms with Gasteiger partial charge in [-0.05, 0) is 18.2 Å². The van der Waals surface area contributed by atoms with E-state index in [4.69, 9.17) is 22.1 Å². The van der Waals surface area contributed by atoms with Gasteiger partial charge >= 0.3 is 0 Å². The average Bonchev–Trinajstić information content (AvgIpc) is 2.99. The summed E-state index contributed by atoms with van der Waals surface area (Å²) in [5.74, 6) is -0.212. The van der Waals surface area contributed by atoms with Crippen LogP contribution in [0.4, 0.5) is 5.69 Å². The number of benzene rings is 1. The molecule has 1 heterocycles. The maximum Gasteiger partial charge on any atom is 0.227 e. The number of nitrogens with one attached hydrogen (secondary N) is 1. The van der Waals surface area contributed by atoms with E-state index in [0.29, 0.717) is 16.4 Å². The Morgan fingerprint density at radius 3 is 3.00 bits per heavy atom. The largest absolute Gasteiger partial charge is 0.380 e. The van der Waals surface area contributed by atoms with Crippen LogP contribution in [0.5, 0.6) is 0 Å². The lowest BCUT2D eigenvalue weighted by Crippen LogP contribution is -2.28. The van der Waals surface area contributed by atoms with Crippen LogP contribution in [-0.2, 0) is 9.53 Å². The molecule has 0 saturated carbocycles. The van der Waals surface area contributed by atoms with Crippen LogP contribution in [0, 0.1) is 0 Å². The Labute approximate surface area is 127 Å². The van der Waals surface area contributed by atoms with Crippen molar-refractivity contribution >= 4 is 23.2 Å². The minimum absolute atomic E-state index is 0.163. The van der Waals surface area contributed by atoms with Crippen LogP contribution in [0.2, 0.25) is 5.02 Å². The van der Waals surface area contributed by atoms with Gasteiger partial charge in [0.2, 0.25) is 5.91 Å². The number of nitrogens with zero attached hydrogens (tertiary/aromatic N) is 3.